The van der Waals surface area contributed by atoms with E-state index in [1.165, 1.54) is 56.9 Å². The monoisotopic (exact) mass is 260 g/mol. The van der Waals surface area contributed by atoms with Gasteiger partial charge in [0.1, 0.15) is 0 Å². The predicted octanol–water partition coefficient (Wildman–Crippen LogP) is 5.31. The van der Waals surface area contributed by atoms with Gasteiger partial charge in [0.25, 0.3) is 0 Å². The Morgan fingerprint density at radius 2 is 1.63 bits per heavy atom. The summed E-state index contributed by atoms with van der Waals surface area (Å²) in [5, 5.41) is 0. The maximum atomic E-state index is 5.54. The van der Waals surface area contributed by atoms with Gasteiger partial charge in [-0.05, 0) is 12.0 Å². The highest BCUT2D eigenvalue weighted by Gasteiger charge is 2.33. The van der Waals surface area contributed by atoms with Crippen molar-refractivity contribution in [1.82, 2.24) is 0 Å². The van der Waals surface area contributed by atoms with Gasteiger partial charge in [-0.3, -0.25) is 0 Å². The van der Waals surface area contributed by atoms with Crippen LogP contribution >= 0.6 is 0 Å². The lowest BCUT2D eigenvalue weighted by Gasteiger charge is -2.14. The Bertz CT molecular complexity index is 329. The van der Waals surface area contributed by atoms with Crippen LogP contribution in [0, 0.1) is 0 Å². The summed E-state index contributed by atoms with van der Waals surface area (Å²) < 4.78 is 5.54. The van der Waals surface area contributed by atoms with E-state index >= 15 is 0 Å². The Hall–Kier alpha value is -0.820. The average Bonchev–Trinajstić information content (AvgIpc) is 3.27. The number of epoxide rings is 1. The SMILES string of the molecule is CCCCCCCCCC(c1ccccc1)C1CO1. The molecule has 19 heavy (non-hydrogen) atoms. The summed E-state index contributed by atoms with van der Waals surface area (Å²) in [7, 11) is 0. The van der Waals surface area contributed by atoms with Crippen LogP contribution in [-0.2, 0) is 4.74 Å². The fourth-order valence-corrected chi connectivity index (χ4v) is 2.88. The first kappa shape index (κ1) is 14.6. The molecular formula is C18H28O. The van der Waals surface area contributed by atoms with Crippen LogP contribution in [-0.4, -0.2) is 12.7 Å². The molecule has 1 nitrogen and oxygen atoms in total. The van der Waals surface area contributed by atoms with Crippen molar-refractivity contribution in [2.45, 2.75) is 70.3 Å². The van der Waals surface area contributed by atoms with Crippen LogP contribution in [0.5, 0.6) is 0 Å². The Balaban J connectivity index is 1.65. The fourth-order valence-electron chi connectivity index (χ4n) is 2.88. The first-order valence-corrected chi connectivity index (χ1v) is 8.08. The molecule has 1 heteroatoms. The van der Waals surface area contributed by atoms with Gasteiger partial charge in [0, 0.05) is 5.92 Å². The molecule has 106 valence electrons. The molecule has 1 saturated heterocycles. The molecule has 2 rings (SSSR count). The molecule has 0 aliphatic carbocycles. The minimum atomic E-state index is 0.502. The maximum Gasteiger partial charge on any atom is 0.0878 e. The van der Waals surface area contributed by atoms with Gasteiger partial charge < -0.3 is 4.74 Å². The van der Waals surface area contributed by atoms with Crippen LogP contribution < -0.4 is 0 Å². The third kappa shape index (κ3) is 5.36. The smallest absolute Gasteiger partial charge is 0.0878 e. The molecule has 1 aromatic carbocycles. The maximum absolute atomic E-state index is 5.54. The second-order valence-corrected chi connectivity index (χ2v) is 5.80. The molecule has 0 saturated carbocycles. The van der Waals surface area contributed by atoms with Gasteiger partial charge in [-0.1, -0.05) is 82.2 Å². The molecule has 1 heterocycles. The van der Waals surface area contributed by atoms with Gasteiger partial charge in [-0.15, -0.1) is 0 Å². The third-order valence-electron chi connectivity index (χ3n) is 4.15. The van der Waals surface area contributed by atoms with E-state index in [2.05, 4.69) is 37.3 Å². The summed E-state index contributed by atoms with van der Waals surface area (Å²) in [6, 6.07) is 10.9. The van der Waals surface area contributed by atoms with Crippen molar-refractivity contribution in [3.05, 3.63) is 35.9 Å². The Morgan fingerprint density at radius 1 is 1.00 bits per heavy atom. The van der Waals surface area contributed by atoms with E-state index < -0.39 is 0 Å². The van der Waals surface area contributed by atoms with Gasteiger partial charge in [0.15, 0.2) is 0 Å². The van der Waals surface area contributed by atoms with Crippen LogP contribution in [0.4, 0.5) is 0 Å². The van der Waals surface area contributed by atoms with Crippen molar-refractivity contribution < 1.29 is 4.74 Å². The molecule has 0 N–H and O–H groups in total. The molecule has 0 amide bonds. The summed E-state index contributed by atoms with van der Waals surface area (Å²) in [6.07, 6.45) is 11.5. The molecule has 0 aromatic heterocycles. The van der Waals surface area contributed by atoms with Crippen molar-refractivity contribution in [2.75, 3.05) is 6.61 Å². The first-order valence-electron chi connectivity index (χ1n) is 8.08. The van der Waals surface area contributed by atoms with E-state index in [1.54, 1.807) is 0 Å². The molecule has 0 spiro atoms. The molecule has 1 fully saturated rings. The minimum Gasteiger partial charge on any atom is -0.372 e. The van der Waals surface area contributed by atoms with E-state index in [1.807, 2.05) is 0 Å². The van der Waals surface area contributed by atoms with Crippen molar-refractivity contribution in [3.63, 3.8) is 0 Å². The van der Waals surface area contributed by atoms with Crippen LogP contribution in [0.2, 0.25) is 0 Å². The van der Waals surface area contributed by atoms with E-state index in [0.29, 0.717) is 12.0 Å². The van der Waals surface area contributed by atoms with Gasteiger partial charge in [0.05, 0.1) is 12.7 Å². The van der Waals surface area contributed by atoms with Crippen LogP contribution in [0.15, 0.2) is 30.3 Å². The largest absolute Gasteiger partial charge is 0.372 e. The number of hydrogen-bond acceptors (Lipinski definition) is 1. The number of rotatable bonds is 10. The highest BCUT2D eigenvalue weighted by atomic mass is 16.6. The molecule has 0 bridgehead atoms. The Kier molecular flexibility index (Phi) is 6.43. The van der Waals surface area contributed by atoms with Gasteiger partial charge >= 0.3 is 0 Å². The highest BCUT2D eigenvalue weighted by molar-refractivity contribution is 5.21. The fraction of sp³-hybridized carbons (Fsp3) is 0.667. The summed E-state index contributed by atoms with van der Waals surface area (Å²) in [5.74, 6) is 0.636. The standard InChI is InChI=1S/C18H28O/c1-2-3-4-5-6-7-11-14-17(18-15-19-18)16-12-9-8-10-13-16/h8-10,12-13,17-18H,2-7,11,14-15H2,1H3. The Morgan fingerprint density at radius 3 is 2.26 bits per heavy atom. The molecule has 1 aliphatic heterocycles. The second kappa shape index (κ2) is 8.37. The number of unbranched alkanes of at least 4 members (excludes halogenated alkanes) is 6. The second-order valence-electron chi connectivity index (χ2n) is 5.80. The summed E-state index contributed by atoms with van der Waals surface area (Å²) in [5.41, 5.74) is 1.47. The molecule has 0 radical (unpaired) electrons. The van der Waals surface area contributed by atoms with Gasteiger partial charge in [-0.25, -0.2) is 0 Å². The van der Waals surface area contributed by atoms with Crippen LogP contribution in [0.3, 0.4) is 0 Å². The Labute approximate surface area is 118 Å². The molecule has 2 unspecified atom stereocenters. The lowest BCUT2D eigenvalue weighted by molar-refractivity contribution is 0.359. The highest BCUT2D eigenvalue weighted by Crippen LogP contribution is 2.34. The minimum absolute atomic E-state index is 0.502. The summed E-state index contributed by atoms with van der Waals surface area (Å²) in [6.45, 7) is 3.25. The van der Waals surface area contributed by atoms with E-state index in [-0.39, 0.29) is 0 Å². The lowest BCUT2D eigenvalue weighted by atomic mass is 9.90. The third-order valence-corrected chi connectivity index (χ3v) is 4.15. The number of ether oxygens (including phenoxy) is 1. The summed E-state index contributed by atoms with van der Waals surface area (Å²) >= 11 is 0. The van der Waals surface area contributed by atoms with Gasteiger partial charge in [-0.2, -0.15) is 0 Å². The van der Waals surface area contributed by atoms with E-state index in [0.717, 1.165) is 6.61 Å². The lowest BCUT2D eigenvalue weighted by Crippen LogP contribution is -2.06. The van der Waals surface area contributed by atoms with Crippen LogP contribution in [0.1, 0.15) is 69.8 Å². The number of hydrogen-bond donors (Lipinski definition) is 0. The first-order chi connectivity index (χ1) is 9.42. The normalized spacial score (nSPS) is 19.3. The van der Waals surface area contributed by atoms with Crippen molar-refractivity contribution in [2.24, 2.45) is 0 Å². The predicted molar refractivity (Wildman–Crippen MR) is 81.5 cm³/mol. The van der Waals surface area contributed by atoms with Crippen molar-refractivity contribution in [1.29, 1.82) is 0 Å². The zero-order valence-corrected chi connectivity index (χ0v) is 12.3. The number of benzene rings is 1. The molecule has 1 aromatic rings. The topological polar surface area (TPSA) is 12.5 Å². The zero-order valence-electron chi connectivity index (χ0n) is 12.3. The van der Waals surface area contributed by atoms with E-state index in [9.17, 15) is 0 Å². The molecular weight excluding hydrogens is 232 g/mol. The van der Waals surface area contributed by atoms with Crippen LogP contribution in [0.25, 0.3) is 0 Å². The summed E-state index contributed by atoms with van der Waals surface area (Å²) in [4.78, 5) is 0. The molecule has 2 atom stereocenters. The van der Waals surface area contributed by atoms with Crippen molar-refractivity contribution >= 4 is 0 Å². The van der Waals surface area contributed by atoms with E-state index in [4.69, 9.17) is 4.74 Å². The zero-order chi connectivity index (χ0) is 13.3. The van der Waals surface area contributed by atoms with Crippen molar-refractivity contribution in [3.8, 4) is 0 Å². The molecule has 1 aliphatic rings. The average molecular weight is 260 g/mol. The quantitative estimate of drug-likeness (QED) is 0.410. The van der Waals surface area contributed by atoms with Gasteiger partial charge in [0.2, 0.25) is 0 Å².